The first-order chi connectivity index (χ1) is 13.5. The van der Waals surface area contributed by atoms with Gasteiger partial charge in [-0.25, -0.2) is 0 Å². The van der Waals surface area contributed by atoms with Gasteiger partial charge in [0.2, 0.25) is 0 Å². The van der Waals surface area contributed by atoms with Crippen LogP contribution in [0, 0.1) is 10.1 Å². The fourth-order valence-electron chi connectivity index (χ4n) is 3.05. The Morgan fingerprint density at radius 2 is 1.93 bits per heavy atom. The number of nitrogens with zero attached hydrogens (tertiary/aromatic N) is 3. The highest BCUT2D eigenvalue weighted by Crippen LogP contribution is 2.32. The second-order valence-corrected chi connectivity index (χ2v) is 6.30. The maximum Gasteiger partial charge on any atom is 0.271 e. The van der Waals surface area contributed by atoms with Gasteiger partial charge in [0.15, 0.2) is 0 Å². The number of rotatable bonds is 3. The number of amides is 1. The zero-order valence-electron chi connectivity index (χ0n) is 15.0. The van der Waals surface area contributed by atoms with Gasteiger partial charge in [-0.15, -0.1) is 0 Å². The Hall–Kier alpha value is -4.07. The first-order valence-corrected chi connectivity index (χ1v) is 8.57. The van der Waals surface area contributed by atoms with Gasteiger partial charge in [-0.05, 0) is 36.4 Å². The SMILES string of the molecule is CN1C=C/C(=C/C=C2\Nc3ccccc3C(=O)N2c2cccc([N+](=O)[O-])c2)N1. The number of hydrogen-bond donors (Lipinski definition) is 2. The Morgan fingerprint density at radius 1 is 1.11 bits per heavy atom. The van der Waals surface area contributed by atoms with Crippen molar-refractivity contribution in [3.63, 3.8) is 0 Å². The van der Waals surface area contributed by atoms with Crippen LogP contribution in [0.2, 0.25) is 0 Å². The highest BCUT2D eigenvalue weighted by molar-refractivity contribution is 6.14. The highest BCUT2D eigenvalue weighted by atomic mass is 16.6. The zero-order chi connectivity index (χ0) is 19.7. The molecule has 140 valence electrons. The summed E-state index contributed by atoms with van der Waals surface area (Å²) >= 11 is 0. The van der Waals surface area contributed by atoms with Crippen molar-refractivity contribution in [3.05, 3.63) is 100 Å². The van der Waals surface area contributed by atoms with E-state index in [0.29, 0.717) is 22.8 Å². The minimum Gasteiger partial charge on any atom is -0.341 e. The van der Waals surface area contributed by atoms with E-state index in [1.807, 2.05) is 37.5 Å². The lowest BCUT2D eigenvalue weighted by Crippen LogP contribution is -2.38. The monoisotopic (exact) mass is 375 g/mol. The molecule has 8 heteroatoms. The number of hydrazine groups is 1. The average Bonchev–Trinajstić information content (AvgIpc) is 3.12. The summed E-state index contributed by atoms with van der Waals surface area (Å²) in [6.07, 6.45) is 7.36. The van der Waals surface area contributed by atoms with Gasteiger partial charge in [-0.1, -0.05) is 18.2 Å². The Balaban J connectivity index is 1.80. The van der Waals surface area contributed by atoms with Crippen molar-refractivity contribution in [2.75, 3.05) is 17.3 Å². The van der Waals surface area contributed by atoms with Crippen LogP contribution in [0.4, 0.5) is 17.1 Å². The second kappa shape index (κ2) is 6.92. The van der Waals surface area contributed by atoms with Gasteiger partial charge in [-0.2, -0.15) is 0 Å². The van der Waals surface area contributed by atoms with Crippen LogP contribution >= 0.6 is 0 Å². The molecular formula is C20H17N5O3. The molecule has 0 saturated carbocycles. The van der Waals surface area contributed by atoms with Crippen molar-refractivity contribution >= 4 is 23.0 Å². The van der Waals surface area contributed by atoms with Crippen molar-refractivity contribution in [1.82, 2.24) is 10.4 Å². The number of fused-ring (bicyclic) bond motifs is 1. The number of benzene rings is 2. The molecule has 0 fully saturated rings. The van der Waals surface area contributed by atoms with E-state index in [0.717, 1.165) is 5.70 Å². The van der Waals surface area contributed by atoms with Gasteiger partial charge in [0, 0.05) is 25.4 Å². The van der Waals surface area contributed by atoms with Crippen LogP contribution < -0.4 is 15.6 Å². The topological polar surface area (TPSA) is 90.8 Å². The van der Waals surface area contributed by atoms with Gasteiger partial charge in [-0.3, -0.25) is 30.2 Å². The molecule has 2 heterocycles. The third-order valence-corrected chi connectivity index (χ3v) is 4.37. The second-order valence-electron chi connectivity index (χ2n) is 6.30. The molecule has 2 aromatic rings. The van der Waals surface area contributed by atoms with Crippen LogP contribution in [0.3, 0.4) is 0 Å². The standard InChI is InChI=1S/C20H17N5O3/c1-23-12-11-14(22-23)9-10-19-21-18-8-3-2-7-17(18)20(26)24(19)15-5-4-6-16(13-15)25(27)28/h2-13,21-22H,1H3/b14-9-,19-10+. The van der Waals surface area contributed by atoms with Crippen molar-refractivity contribution < 1.29 is 9.72 Å². The number of carbonyl (C=O) groups is 1. The van der Waals surface area contributed by atoms with Crippen LogP contribution in [-0.2, 0) is 0 Å². The van der Waals surface area contributed by atoms with Crippen molar-refractivity contribution in [2.24, 2.45) is 0 Å². The van der Waals surface area contributed by atoms with Crippen LogP contribution in [0.5, 0.6) is 0 Å². The highest BCUT2D eigenvalue weighted by Gasteiger charge is 2.29. The number of non-ortho nitro benzene ring substituents is 1. The number of nitrogens with one attached hydrogen (secondary N) is 2. The number of nitro groups is 1. The fraction of sp³-hybridized carbons (Fsp3) is 0.0500. The molecule has 2 aliphatic heterocycles. The Bertz CT molecular complexity index is 1060. The maximum atomic E-state index is 13.2. The van der Waals surface area contributed by atoms with Gasteiger partial charge in [0.25, 0.3) is 11.6 Å². The van der Waals surface area contributed by atoms with Crippen LogP contribution in [0.15, 0.2) is 84.5 Å². The van der Waals surface area contributed by atoms with Gasteiger partial charge in [0.05, 0.1) is 27.6 Å². The molecule has 0 spiro atoms. The van der Waals surface area contributed by atoms with E-state index in [9.17, 15) is 14.9 Å². The molecular weight excluding hydrogens is 358 g/mol. The molecule has 0 aliphatic carbocycles. The molecule has 0 unspecified atom stereocenters. The fourth-order valence-corrected chi connectivity index (χ4v) is 3.05. The van der Waals surface area contributed by atoms with E-state index < -0.39 is 4.92 Å². The Labute approximate surface area is 161 Å². The van der Waals surface area contributed by atoms with Crippen molar-refractivity contribution in [2.45, 2.75) is 0 Å². The summed E-state index contributed by atoms with van der Waals surface area (Å²) in [5.74, 6) is 0.244. The van der Waals surface area contributed by atoms with Crippen molar-refractivity contribution in [3.8, 4) is 0 Å². The summed E-state index contributed by atoms with van der Waals surface area (Å²) in [5, 5.41) is 16.2. The molecule has 0 radical (unpaired) electrons. The lowest BCUT2D eigenvalue weighted by molar-refractivity contribution is -0.384. The van der Waals surface area contributed by atoms with E-state index >= 15 is 0 Å². The molecule has 28 heavy (non-hydrogen) atoms. The minimum atomic E-state index is -0.478. The summed E-state index contributed by atoms with van der Waals surface area (Å²) in [4.78, 5) is 25.3. The summed E-state index contributed by atoms with van der Waals surface area (Å²) in [5.41, 5.74) is 5.49. The molecule has 0 saturated heterocycles. The summed E-state index contributed by atoms with van der Waals surface area (Å²) < 4.78 is 0. The summed E-state index contributed by atoms with van der Waals surface area (Å²) in [6, 6.07) is 13.2. The number of para-hydroxylation sites is 1. The van der Waals surface area contributed by atoms with Crippen LogP contribution in [0.25, 0.3) is 0 Å². The van der Waals surface area contributed by atoms with E-state index in [2.05, 4.69) is 10.7 Å². The minimum absolute atomic E-state index is 0.0797. The predicted octanol–water partition coefficient (Wildman–Crippen LogP) is 3.36. The van der Waals surface area contributed by atoms with Gasteiger partial charge in [0.1, 0.15) is 5.82 Å². The maximum absolute atomic E-state index is 13.2. The summed E-state index contributed by atoms with van der Waals surface area (Å²) in [7, 11) is 1.87. The number of allylic oxidation sites excluding steroid dienone is 3. The average molecular weight is 375 g/mol. The first kappa shape index (κ1) is 17.3. The van der Waals surface area contributed by atoms with Gasteiger partial charge < -0.3 is 5.32 Å². The Morgan fingerprint density at radius 3 is 2.68 bits per heavy atom. The molecule has 0 atom stereocenters. The lowest BCUT2D eigenvalue weighted by atomic mass is 10.1. The normalized spacial score (nSPS) is 18.2. The van der Waals surface area contributed by atoms with Gasteiger partial charge >= 0.3 is 0 Å². The van der Waals surface area contributed by atoms with Crippen LogP contribution in [0.1, 0.15) is 10.4 Å². The number of carbonyl (C=O) groups excluding carboxylic acids is 1. The van der Waals surface area contributed by atoms with Crippen LogP contribution in [-0.4, -0.2) is 22.9 Å². The molecule has 2 N–H and O–H groups in total. The van der Waals surface area contributed by atoms with E-state index in [1.54, 1.807) is 35.4 Å². The predicted molar refractivity (Wildman–Crippen MR) is 106 cm³/mol. The summed E-state index contributed by atoms with van der Waals surface area (Å²) in [6.45, 7) is 0. The number of hydrogen-bond acceptors (Lipinski definition) is 6. The van der Waals surface area contributed by atoms with Crippen molar-refractivity contribution in [1.29, 1.82) is 0 Å². The molecule has 0 aromatic heterocycles. The number of anilines is 2. The molecule has 8 nitrogen and oxygen atoms in total. The van der Waals surface area contributed by atoms with E-state index in [4.69, 9.17) is 0 Å². The first-order valence-electron chi connectivity index (χ1n) is 8.57. The Kier molecular flexibility index (Phi) is 4.29. The quantitative estimate of drug-likeness (QED) is 0.632. The molecule has 1 amide bonds. The number of nitro benzene ring substituents is 1. The molecule has 2 aliphatic rings. The smallest absolute Gasteiger partial charge is 0.271 e. The molecule has 4 rings (SSSR count). The molecule has 2 aromatic carbocycles. The third kappa shape index (κ3) is 3.18. The third-order valence-electron chi connectivity index (χ3n) is 4.37. The van der Waals surface area contributed by atoms with E-state index in [1.165, 1.54) is 17.0 Å². The molecule has 0 bridgehead atoms. The van der Waals surface area contributed by atoms with E-state index in [-0.39, 0.29) is 11.6 Å². The zero-order valence-corrected chi connectivity index (χ0v) is 15.0. The largest absolute Gasteiger partial charge is 0.341 e. The lowest BCUT2D eigenvalue weighted by Gasteiger charge is -2.32.